The molecule has 0 unspecified atom stereocenters. The normalized spacial score (nSPS) is 11.5. The van der Waals surface area contributed by atoms with Gasteiger partial charge in [-0.2, -0.15) is 5.10 Å². The van der Waals surface area contributed by atoms with Crippen molar-refractivity contribution in [3.05, 3.63) is 71.3 Å². The minimum Gasteiger partial charge on any atom is -0.494 e. The molecule has 0 saturated heterocycles. The number of nitrogens with one attached hydrogen (secondary N) is 1. The molecule has 0 radical (unpaired) electrons. The zero-order valence-electron chi connectivity index (χ0n) is 13.3. The van der Waals surface area contributed by atoms with Gasteiger partial charge >= 0.3 is 0 Å². The van der Waals surface area contributed by atoms with Crippen molar-refractivity contribution in [2.24, 2.45) is 5.10 Å². The number of carbonyl (C=O) groups excluding carboxylic acids is 1. The molecule has 0 aliphatic carbocycles. The molecule has 2 aromatic rings. The Kier molecular flexibility index (Phi) is 6.12. The van der Waals surface area contributed by atoms with Gasteiger partial charge in [0, 0.05) is 5.56 Å². The fourth-order valence-electron chi connectivity index (χ4n) is 1.98. The predicted octanol–water partition coefficient (Wildman–Crippen LogP) is 3.90. The van der Waals surface area contributed by atoms with Crippen LogP contribution in [0.4, 0.5) is 0 Å². The molecule has 0 atom stereocenters. The number of nitrogens with zero attached hydrogens (tertiary/aromatic N) is 1. The van der Waals surface area contributed by atoms with E-state index in [0.29, 0.717) is 12.2 Å². The lowest BCUT2D eigenvalue weighted by atomic mass is 10.1. The van der Waals surface area contributed by atoms with Crippen molar-refractivity contribution in [3.8, 4) is 5.75 Å². The highest BCUT2D eigenvalue weighted by Gasteiger charge is 2.03. The van der Waals surface area contributed by atoms with Crippen molar-refractivity contribution in [2.45, 2.75) is 13.8 Å². The van der Waals surface area contributed by atoms with Crippen molar-refractivity contribution >= 4 is 18.2 Å². The van der Waals surface area contributed by atoms with E-state index < -0.39 is 0 Å². The van der Waals surface area contributed by atoms with Crippen LogP contribution >= 0.6 is 0 Å². The van der Waals surface area contributed by atoms with Gasteiger partial charge in [0.2, 0.25) is 0 Å². The maximum absolute atomic E-state index is 12.0. The molecule has 0 fully saturated rings. The van der Waals surface area contributed by atoms with Crippen LogP contribution in [0.25, 0.3) is 6.08 Å². The molecular weight excluding hydrogens is 288 g/mol. The average Bonchev–Trinajstić information content (AvgIpc) is 2.56. The van der Waals surface area contributed by atoms with E-state index >= 15 is 0 Å². The monoisotopic (exact) mass is 308 g/mol. The number of hydrogen-bond donors (Lipinski definition) is 1. The summed E-state index contributed by atoms with van der Waals surface area (Å²) < 4.78 is 5.34. The Bertz CT molecular complexity index is 689. The Morgan fingerprint density at radius 2 is 1.83 bits per heavy atom. The van der Waals surface area contributed by atoms with E-state index in [1.54, 1.807) is 30.5 Å². The molecule has 0 heterocycles. The lowest BCUT2D eigenvalue weighted by Crippen LogP contribution is -2.17. The Labute approximate surface area is 136 Å². The van der Waals surface area contributed by atoms with Gasteiger partial charge in [0.05, 0.1) is 12.8 Å². The third-order valence-electron chi connectivity index (χ3n) is 3.06. The molecule has 4 heteroatoms. The smallest absolute Gasteiger partial charge is 0.271 e. The van der Waals surface area contributed by atoms with Crippen LogP contribution in [0.15, 0.2) is 65.3 Å². The highest BCUT2D eigenvalue weighted by atomic mass is 16.5. The van der Waals surface area contributed by atoms with Crippen molar-refractivity contribution in [2.75, 3.05) is 6.61 Å². The van der Waals surface area contributed by atoms with E-state index in [2.05, 4.69) is 10.5 Å². The number of amides is 1. The Morgan fingerprint density at radius 3 is 2.48 bits per heavy atom. The Morgan fingerprint density at radius 1 is 1.13 bits per heavy atom. The van der Waals surface area contributed by atoms with E-state index in [-0.39, 0.29) is 5.91 Å². The van der Waals surface area contributed by atoms with Crippen LogP contribution in [-0.2, 0) is 0 Å². The second-order valence-corrected chi connectivity index (χ2v) is 4.96. The van der Waals surface area contributed by atoms with Crippen LogP contribution in [0, 0.1) is 0 Å². The zero-order chi connectivity index (χ0) is 16.5. The van der Waals surface area contributed by atoms with E-state index in [1.165, 1.54) is 0 Å². The summed E-state index contributed by atoms with van der Waals surface area (Å²) in [7, 11) is 0. The van der Waals surface area contributed by atoms with Crippen LogP contribution in [0.3, 0.4) is 0 Å². The molecule has 0 bridgehead atoms. The van der Waals surface area contributed by atoms with Gasteiger partial charge in [-0.05, 0) is 49.2 Å². The lowest BCUT2D eigenvalue weighted by molar-refractivity contribution is 0.0955. The minimum atomic E-state index is -0.253. The first-order valence-corrected chi connectivity index (χ1v) is 7.48. The van der Waals surface area contributed by atoms with E-state index in [0.717, 1.165) is 16.9 Å². The number of ether oxygens (including phenoxy) is 1. The number of carbonyl (C=O) groups is 1. The molecule has 4 nitrogen and oxygen atoms in total. The summed E-state index contributed by atoms with van der Waals surface area (Å²) in [5.74, 6) is 0.492. The third-order valence-corrected chi connectivity index (χ3v) is 3.06. The van der Waals surface area contributed by atoms with Crippen LogP contribution in [-0.4, -0.2) is 18.7 Å². The summed E-state index contributed by atoms with van der Waals surface area (Å²) in [4.78, 5) is 12.0. The quantitative estimate of drug-likeness (QED) is 0.650. The maximum Gasteiger partial charge on any atom is 0.271 e. The van der Waals surface area contributed by atoms with Gasteiger partial charge < -0.3 is 4.74 Å². The number of benzene rings is 2. The van der Waals surface area contributed by atoms with Crippen LogP contribution in [0.1, 0.15) is 29.8 Å². The molecule has 23 heavy (non-hydrogen) atoms. The fourth-order valence-corrected chi connectivity index (χ4v) is 1.98. The van der Waals surface area contributed by atoms with E-state index in [1.807, 2.05) is 50.3 Å². The number of rotatable bonds is 6. The summed E-state index contributed by atoms with van der Waals surface area (Å²) in [6.45, 7) is 4.45. The van der Waals surface area contributed by atoms with Crippen molar-refractivity contribution in [3.63, 3.8) is 0 Å². The van der Waals surface area contributed by atoms with Crippen molar-refractivity contribution in [1.82, 2.24) is 5.43 Å². The van der Waals surface area contributed by atoms with E-state index in [4.69, 9.17) is 4.74 Å². The SMILES string of the molecule is CCOc1ccc(C(=O)N/N=C\C(C)=C/c2ccccc2)cc1. The molecule has 0 aliphatic heterocycles. The molecule has 2 rings (SSSR count). The first-order valence-electron chi connectivity index (χ1n) is 7.48. The van der Waals surface area contributed by atoms with Gasteiger partial charge in [0.1, 0.15) is 5.75 Å². The summed E-state index contributed by atoms with van der Waals surface area (Å²) in [5.41, 5.74) is 5.09. The first kappa shape index (κ1) is 16.5. The standard InChI is InChI=1S/C19H20N2O2/c1-3-23-18-11-9-17(10-12-18)19(22)21-20-14-15(2)13-16-7-5-4-6-8-16/h4-14H,3H2,1-2H3,(H,21,22)/b15-13-,20-14-. The largest absolute Gasteiger partial charge is 0.494 e. The highest BCUT2D eigenvalue weighted by Crippen LogP contribution is 2.12. The van der Waals surface area contributed by atoms with Gasteiger partial charge in [-0.3, -0.25) is 4.79 Å². The molecule has 1 N–H and O–H groups in total. The molecule has 0 aliphatic rings. The minimum absolute atomic E-state index is 0.253. The third kappa shape index (κ3) is 5.43. The van der Waals surface area contributed by atoms with Crippen LogP contribution in [0.2, 0.25) is 0 Å². The van der Waals surface area contributed by atoms with Gasteiger partial charge in [0.25, 0.3) is 5.91 Å². The number of hydrazone groups is 1. The topological polar surface area (TPSA) is 50.7 Å². The summed E-state index contributed by atoms with van der Waals surface area (Å²) in [5, 5.41) is 3.98. The highest BCUT2D eigenvalue weighted by molar-refractivity contribution is 5.95. The number of hydrogen-bond acceptors (Lipinski definition) is 3. The second-order valence-electron chi connectivity index (χ2n) is 4.96. The van der Waals surface area contributed by atoms with Crippen molar-refractivity contribution in [1.29, 1.82) is 0 Å². The molecule has 1 amide bonds. The first-order chi connectivity index (χ1) is 11.2. The van der Waals surface area contributed by atoms with Gasteiger partial charge in [-0.1, -0.05) is 36.4 Å². The Hall–Kier alpha value is -2.88. The molecule has 0 saturated carbocycles. The fraction of sp³-hybridized carbons (Fsp3) is 0.158. The molecule has 0 aromatic heterocycles. The summed E-state index contributed by atoms with van der Waals surface area (Å²) in [6, 6.07) is 16.9. The Balaban J connectivity index is 1.91. The summed E-state index contributed by atoms with van der Waals surface area (Å²) >= 11 is 0. The van der Waals surface area contributed by atoms with Gasteiger partial charge in [0.15, 0.2) is 0 Å². The van der Waals surface area contributed by atoms with Gasteiger partial charge in [-0.25, -0.2) is 5.43 Å². The van der Waals surface area contributed by atoms with Crippen LogP contribution in [0.5, 0.6) is 5.75 Å². The molecule has 2 aromatic carbocycles. The molecule has 0 spiro atoms. The summed E-state index contributed by atoms with van der Waals surface area (Å²) in [6.07, 6.45) is 3.62. The maximum atomic E-state index is 12.0. The zero-order valence-corrected chi connectivity index (χ0v) is 13.3. The second kappa shape index (κ2) is 8.54. The van der Waals surface area contributed by atoms with Gasteiger partial charge in [-0.15, -0.1) is 0 Å². The molecular formula is C19H20N2O2. The van der Waals surface area contributed by atoms with E-state index in [9.17, 15) is 4.79 Å². The average molecular weight is 308 g/mol. The number of allylic oxidation sites excluding steroid dienone is 1. The van der Waals surface area contributed by atoms with Crippen LogP contribution < -0.4 is 10.2 Å². The lowest BCUT2D eigenvalue weighted by Gasteiger charge is -2.04. The van der Waals surface area contributed by atoms with Crippen molar-refractivity contribution < 1.29 is 9.53 Å². The molecule has 118 valence electrons. The predicted molar refractivity (Wildman–Crippen MR) is 93.7 cm³/mol.